The topological polar surface area (TPSA) is 83.0 Å². The number of carbonyl (C=O) groups is 1. The Hall–Kier alpha value is -1.65. The quantitative estimate of drug-likeness (QED) is 0.821. The lowest BCUT2D eigenvalue weighted by atomic mass is 10.1. The van der Waals surface area contributed by atoms with Crippen LogP contribution in [0.2, 0.25) is 0 Å². The van der Waals surface area contributed by atoms with Crippen molar-refractivity contribution in [1.82, 2.24) is 9.97 Å². The Morgan fingerprint density at radius 2 is 2.18 bits per heavy atom. The van der Waals surface area contributed by atoms with Gasteiger partial charge in [-0.2, -0.15) is 0 Å². The zero-order chi connectivity index (χ0) is 12.6. The minimum atomic E-state index is -0.901. The number of aryl methyl sites for hydroxylation is 1. The van der Waals surface area contributed by atoms with Crippen LogP contribution in [0.15, 0.2) is 4.79 Å². The van der Waals surface area contributed by atoms with Crippen LogP contribution in [0.4, 0.5) is 0 Å². The number of H-pyrrole nitrogens is 1. The SMILES string of the molecule is Cc1nc(C2(C)CC2)[nH]c(=O)c1CCC(=O)O. The highest BCUT2D eigenvalue weighted by Crippen LogP contribution is 2.45. The van der Waals surface area contributed by atoms with Crippen molar-refractivity contribution in [2.24, 2.45) is 0 Å². The molecule has 0 atom stereocenters. The summed E-state index contributed by atoms with van der Waals surface area (Å²) >= 11 is 0. The van der Waals surface area contributed by atoms with Crippen molar-refractivity contribution in [3.8, 4) is 0 Å². The first-order chi connectivity index (χ1) is 7.92. The van der Waals surface area contributed by atoms with Crippen LogP contribution < -0.4 is 5.56 Å². The standard InChI is InChI=1S/C12H16N2O3/c1-7-8(3-4-9(15)16)10(17)14-11(13-7)12(2)5-6-12/h3-6H2,1-2H3,(H,15,16)(H,13,14,17). The number of aromatic nitrogens is 2. The van der Waals surface area contributed by atoms with Gasteiger partial charge < -0.3 is 10.1 Å². The fourth-order valence-corrected chi connectivity index (χ4v) is 1.85. The fraction of sp³-hybridized carbons (Fsp3) is 0.583. The van der Waals surface area contributed by atoms with Gasteiger partial charge in [0.2, 0.25) is 0 Å². The van der Waals surface area contributed by atoms with E-state index in [2.05, 4.69) is 16.9 Å². The third-order valence-electron chi connectivity index (χ3n) is 3.38. The van der Waals surface area contributed by atoms with Crippen molar-refractivity contribution in [3.63, 3.8) is 0 Å². The summed E-state index contributed by atoms with van der Waals surface area (Å²) < 4.78 is 0. The van der Waals surface area contributed by atoms with Crippen LogP contribution in [0, 0.1) is 6.92 Å². The maximum absolute atomic E-state index is 11.9. The van der Waals surface area contributed by atoms with Crippen molar-refractivity contribution in [1.29, 1.82) is 0 Å². The van der Waals surface area contributed by atoms with Crippen molar-refractivity contribution in [2.45, 2.75) is 44.9 Å². The fourth-order valence-electron chi connectivity index (χ4n) is 1.85. The molecule has 0 amide bonds. The van der Waals surface area contributed by atoms with Gasteiger partial charge in [0, 0.05) is 23.1 Å². The third-order valence-corrected chi connectivity index (χ3v) is 3.38. The molecule has 0 aliphatic heterocycles. The summed E-state index contributed by atoms with van der Waals surface area (Å²) in [6, 6.07) is 0. The first kappa shape index (κ1) is 11.8. The summed E-state index contributed by atoms with van der Waals surface area (Å²) in [5.41, 5.74) is 0.968. The van der Waals surface area contributed by atoms with E-state index in [4.69, 9.17) is 5.11 Å². The molecule has 1 aromatic rings. The number of carboxylic acid groups (broad SMARTS) is 1. The number of nitrogens with one attached hydrogen (secondary N) is 1. The molecule has 0 radical (unpaired) electrons. The van der Waals surface area contributed by atoms with Crippen molar-refractivity contribution in [2.75, 3.05) is 0 Å². The molecule has 1 fully saturated rings. The smallest absolute Gasteiger partial charge is 0.303 e. The minimum absolute atomic E-state index is 0.0231. The van der Waals surface area contributed by atoms with Crippen LogP contribution in [0.25, 0.3) is 0 Å². The number of hydrogen-bond donors (Lipinski definition) is 2. The Labute approximate surface area is 98.9 Å². The zero-order valence-corrected chi connectivity index (χ0v) is 10.0. The number of carboxylic acids is 1. The molecule has 1 heterocycles. The molecule has 17 heavy (non-hydrogen) atoms. The molecule has 0 unspecified atom stereocenters. The molecule has 2 N–H and O–H groups in total. The van der Waals surface area contributed by atoms with Crippen molar-refractivity contribution < 1.29 is 9.90 Å². The second-order valence-electron chi connectivity index (χ2n) is 4.93. The molecule has 0 saturated heterocycles. The molecule has 1 saturated carbocycles. The number of rotatable bonds is 4. The lowest BCUT2D eigenvalue weighted by Gasteiger charge is -2.10. The second kappa shape index (κ2) is 3.98. The largest absolute Gasteiger partial charge is 0.481 e. The molecular weight excluding hydrogens is 220 g/mol. The average Bonchev–Trinajstić information content (AvgIpc) is 2.96. The van der Waals surface area contributed by atoms with Gasteiger partial charge in [-0.25, -0.2) is 4.98 Å². The molecule has 1 aliphatic rings. The van der Waals surface area contributed by atoms with Gasteiger partial charge in [-0.05, 0) is 26.2 Å². The van der Waals surface area contributed by atoms with Crippen LogP contribution in [0.5, 0.6) is 0 Å². The minimum Gasteiger partial charge on any atom is -0.481 e. The predicted octanol–water partition coefficient (Wildman–Crippen LogP) is 1.15. The number of hydrogen-bond acceptors (Lipinski definition) is 3. The van der Waals surface area contributed by atoms with Gasteiger partial charge in [-0.15, -0.1) is 0 Å². The van der Waals surface area contributed by atoms with Gasteiger partial charge in [0.15, 0.2) is 0 Å². The van der Waals surface area contributed by atoms with Gasteiger partial charge in [-0.1, -0.05) is 6.92 Å². The molecule has 5 heteroatoms. The van der Waals surface area contributed by atoms with Crippen LogP contribution in [-0.4, -0.2) is 21.0 Å². The summed E-state index contributed by atoms with van der Waals surface area (Å²) in [7, 11) is 0. The molecule has 1 aromatic heterocycles. The maximum Gasteiger partial charge on any atom is 0.303 e. The first-order valence-corrected chi connectivity index (χ1v) is 5.74. The van der Waals surface area contributed by atoms with Crippen LogP contribution in [0.3, 0.4) is 0 Å². The highest BCUT2D eigenvalue weighted by atomic mass is 16.4. The molecule has 5 nitrogen and oxygen atoms in total. The highest BCUT2D eigenvalue weighted by molar-refractivity contribution is 5.67. The maximum atomic E-state index is 11.9. The van der Waals surface area contributed by atoms with Crippen LogP contribution in [-0.2, 0) is 16.6 Å². The van der Waals surface area contributed by atoms with E-state index < -0.39 is 5.97 Å². The van der Waals surface area contributed by atoms with Gasteiger partial charge in [0.1, 0.15) is 5.82 Å². The average molecular weight is 236 g/mol. The molecule has 2 rings (SSSR count). The number of aromatic amines is 1. The van der Waals surface area contributed by atoms with Gasteiger partial charge >= 0.3 is 5.97 Å². The van der Waals surface area contributed by atoms with E-state index in [9.17, 15) is 9.59 Å². The van der Waals surface area contributed by atoms with Crippen molar-refractivity contribution >= 4 is 5.97 Å². The van der Waals surface area contributed by atoms with E-state index in [1.807, 2.05) is 0 Å². The summed E-state index contributed by atoms with van der Waals surface area (Å²) in [5.74, 6) is -0.166. The van der Waals surface area contributed by atoms with Gasteiger partial charge in [-0.3, -0.25) is 9.59 Å². The normalized spacial score (nSPS) is 16.8. The third kappa shape index (κ3) is 2.38. The van der Waals surface area contributed by atoms with Crippen molar-refractivity contribution in [3.05, 3.63) is 27.4 Å². The van der Waals surface area contributed by atoms with E-state index in [-0.39, 0.29) is 23.8 Å². The number of nitrogens with zero attached hydrogens (tertiary/aromatic N) is 1. The lowest BCUT2D eigenvalue weighted by Crippen LogP contribution is -2.22. The first-order valence-electron chi connectivity index (χ1n) is 5.74. The van der Waals surface area contributed by atoms with Gasteiger partial charge in [0.05, 0.1) is 0 Å². The lowest BCUT2D eigenvalue weighted by molar-refractivity contribution is -0.136. The van der Waals surface area contributed by atoms with Crippen LogP contribution >= 0.6 is 0 Å². The Morgan fingerprint density at radius 1 is 1.53 bits per heavy atom. The Balaban J connectivity index is 2.29. The zero-order valence-electron chi connectivity index (χ0n) is 10.0. The van der Waals surface area contributed by atoms with E-state index in [0.717, 1.165) is 18.7 Å². The second-order valence-corrected chi connectivity index (χ2v) is 4.93. The van der Waals surface area contributed by atoms with E-state index in [1.54, 1.807) is 6.92 Å². The molecule has 0 bridgehead atoms. The Bertz CT molecular complexity index is 515. The monoisotopic (exact) mass is 236 g/mol. The van der Waals surface area contributed by atoms with E-state index in [0.29, 0.717) is 11.3 Å². The van der Waals surface area contributed by atoms with E-state index >= 15 is 0 Å². The molecule has 0 aromatic carbocycles. The molecule has 0 spiro atoms. The molecular formula is C12H16N2O3. The summed E-state index contributed by atoms with van der Waals surface area (Å²) in [5, 5.41) is 8.62. The summed E-state index contributed by atoms with van der Waals surface area (Å²) in [4.78, 5) is 29.5. The Kier molecular flexibility index (Phi) is 2.77. The summed E-state index contributed by atoms with van der Waals surface area (Å²) in [6.07, 6.45) is 2.29. The van der Waals surface area contributed by atoms with Gasteiger partial charge in [0.25, 0.3) is 5.56 Å². The highest BCUT2D eigenvalue weighted by Gasteiger charge is 2.41. The summed E-state index contributed by atoms with van der Waals surface area (Å²) in [6.45, 7) is 3.84. The predicted molar refractivity (Wildman–Crippen MR) is 62.1 cm³/mol. The number of aliphatic carboxylic acids is 1. The van der Waals surface area contributed by atoms with E-state index in [1.165, 1.54) is 0 Å². The Morgan fingerprint density at radius 3 is 2.65 bits per heavy atom. The molecule has 1 aliphatic carbocycles. The van der Waals surface area contributed by atoms with Crippen LogP contribution in [0.1, 0.15) is 43.3 Å². The molecule has 92 valence electrons.